The van der Waals surface area contributed by atoms with E-state index in [-0.39, 0.29) is 41.1 Å². The first-order chi connectivity index (χ1) is 16.6. The second-order valence-corrected chi connectivity index (χ2v) is 7.96. The van der Waals surface area contributed by atoms with Gasteiger partial charge in [0.25, 0.3) is 0 Å². The van der Waals surface area contributed by atoms with Crippen molar-refractivity contribution in [1.82, 2.24) is 0 Å². The number of ether oxygens (including phenoxy) is 2. The van der Waals surface area contributed by atoms with Gasteiger partial charge in [0.1, 0.15) is 11.5 Å². The summed E-state index contributed by atoms with van der Waals surface area (Å²) in [5.41, 5.74) is 0.473. The maximum atomic E-state index is 14.5. The summed E-state index contributed by atoms with van der Waals surface area (Å²) in [6.07, 6.45) is 1.05. The Morgan fingerprint density at radius 1 is 0.914 bits per heavy atom. The molecular weight excluding hydrogens is 460 g/mol. The van der Waals surface area contributed by atoms with Gasteiger partial charge >= 0.3 is 0 Å². The van der Waals surface area contributed by atoms with Gasteiger partial charge in [0.05, 0.1) is 13.7 Å². The van der Waals surface area contributed by atoms with Gasteiger partial charge in [-0.25, -0.2) is 8.78 Å². The number of phenols is 1. The second kappa shape index (κ2) is 14.0. The molecule has 2 aromatic rings. The highest BCUT2D eigenvalue weighted by atomic mass is 19.2. The quantitative estimate of drug-likeness (QED) is 0.148. The lowest BCUT2D eigenvalue weighted by atomic mass is 9.92. The van der Waals surface area contributed by atoms with Gasteiger partial charge in [-0.3, -0.25) is 0 Å². The third kappa shape index (κ3) is 8.05. The van der Waals surface area contributed by atoms with Crippen molar-refractivity contribution in [2.24, 2.45) is 11.8 Å². The van der Waals surface area contributed by atoms with E-state index in [2.05, 4.69) is 31.1 Å². The lowest BCUT2D eigenvalue weighted by molar-refractivity contribution is 0.234. The number of halogens is 4. The monoisotopic (exact) mass is 492 g/mol. The number of hydrogen-bond donors (Lipinski definition) is 1. The molecule has 0 saturated carbocycles. The standard InChI is InChI=1S/C26H28F4O3.C2H4/c1-15(6-7-16(2)17(3)23(27)24(28)18(4)32-5)14-33-22-13-12-21(25(29)26(22)30)19-8-10-20(31)11-9-19;1-2/h8-13,15-16,31H,3-4,6-7,14H2,1-2,5H3;1-2H2/b24-23-;. The van der Waals surface area contributed by atoms with Gasteiger partial charge in [0.2, 0.25) is 5.82 Å². The van der Waals surface area contributed by atoms with Crippen LogP contribution >= 0.6 is 0 Å². The maximum Gasteiger partial charge on any atom is 0.201 e. The Labute approximate surface area is 204 Å². The molecule has 0 aliphatic heterocycles. The average Bonchev–Trinajstić information content (AvgIpc) is 2.88. The minimum absolute atomic E-state index is 0.00301. The molecule has 2 rings (SSSR count). The number of aromatic hydroxyl groups is 1. The zero-order chi connectivity index (χ0) is 26.7. The Bertz CT molecular complexity index is 1040. The van der Waals surface area contributed by atoms with Gasteiger partial charge in [-0.2, -0.15) is 8.78 Å². The van der Waals surface area contributed by atoms with E-state index in [0.717, 1.165) is 0 Å². The molecule has 1 N–H and O–H groups in total. The summed E-state index contributed by atoms with van der Waals surface area (Å²) >= 11 is 0. The van der Waals surface area contributed by atoms with Crippen LogP contribution in [0, 0.1) is 23.5 Å². The molecule has 2 atom stereocenters. The average molecular weight is 493 g/mol. The van der Waals surface area contributed by atoms with Crippen molar-refractivity contribution in [2.75, 3.05) is 13.7 Å². The summed E-state index contributed by atoms with van der Waals surface area (Å²) < 4.78 is 67.1. The van der Waals surface area contributed by atoms with Crippen LogP contribution < -0.4 is 4.74 Å². The second-order valence-electron chi connectivity index (χ2n) is 7.96. The third-order valence-corrected chi connectivity index (χ3v) is 5.40. The molecule has 0 bridgehead atoms. The van der Waals surface area contributed by atoms with Crippen LogP contribution in [0.2, 0.25) is 0 Å². The van der Waals surface area contributed by atoms with E-state index in [1.807, 2.05) is 6.92 Å². The fourth-order valence-corrected chi connectivity index (χ4v) is 3.10. The van der Waals surface area contributed by atoms with Crippen LogP contribution in [0.25, 0.3) is 11.1 Å². The van der Waals surface area contributed by atoms with Crippen molar-refractivity contribution < 1.29 is 32.1 Å². The number of methoxy groups -OCH3 is 1. The first kappa shape index (κ1) is 29.6. The summed E-state index contributed by atoms with van der Waals surface area (Å²) in [4.78, 5) is 0. The molecule has 0 amide bonds. The van der Waals surface area contributed by atoms with Crippen molar-refractivity contribution in [3.63, 3.8) is 0 Å². The van der Waals surface area contributed by atoms with E-state index in [9.17, 15) is 22.7 Å². The fourth-order valence-electron chi connectivity index (χ4n) is 3.10. The van der Waals surface area contributed by atoms with Crippen molar-refractivity contribution in [2.45, 2.75) is 26.7 Å². The molecule has 7 heteroatoms. The molecule has 0 aliphatic rings. The lowest BCUT2D eigenvalue weighted by Gasteiger charge is -2.18. The van der Waals surface area contributed by atoms with Crippen molar-refractivity contribution in [3.8, 4) is 22.6 Å². The fraction of sp³-hybridized carbons (Fsp3) is 0.286. The highest BCUT2D eigenvalue weighted by Crippen LogP contribution is 2.32. The minimum Gasteiger partial charge on any atom is -0.508 e. The summed E-state index contributed by atoms with van der Waals surface area (Å²) in [5.74, 6) is -5.44. The Hall–Kier alpha value is -3.48. The zero-order valence-electron chi connectivity index (χ0n) is 20.3. The van der Waals surface area contributed by atoms with Crippen LogP contribution in [0.3, 0.4) is 0 Å². The minimum atomic E-state index is -1.18. The van der Waals surface area contributed by atoms with Gasteiger partial charge < -0.3 is 14.6 Å². The van der Waals surface area contributed by atoms with E-state index in [0.29, 0.717) is 18.4 Å². The van der Waals surface area contributed by atoms with Crippen molar-refractivity contribution >= 4 is 0 Å². The van der Waals surface area contributed by atoms with Crippen LogP contribution in [-0.4, -0.2) is 18.8 Å². The summed E-state index contributed by atoms with van der Waals surface area (Å²) in [6, 6.07) is 8.51. The molecule has 3 nitrogen and oxygen atoms in total. The molecule has 190 valence electrons. The first-order valence-electron chi connectivity index (χ1n) is 10.9. The molecule has 0 heterocycles. The molecule has 0 spiro atoms. The van der Waals surface area contributed by atoms with Gasteiger partial charge in [-0.1, -0.05) is 39.1 Å². The highest BCUT2D eigenvalue weighted by molar-refractivity contribution is 5.66. The molecule has 0 radical (unpaired) electrons. The lowest BCUT2D eigenvalue weighted by Crippen LogP contribution is -2.12. The van der Waals surface area contributed by atoms with E-state index < -0.39 is 29.0 Å². The summed E-state index contributed by atoms with van der Waals surface area (Å²) in [6.45, 7) is 16.6. The highest BCUT2D eigenvalue weighted by Gasteiger charge is 2.20. The van der Waals surface area contributed by atoms with Gasteiger partial charge in [0, 0.05) is 5.56 Å². The number of hydrogen-bond acceptors (Lipinski definition) is 3. The number of rotatable bonds is 11. The van der Waals surface area contributed by atoms with Gasteiger partial charge in [-0.05, 0) is 60.1 Å². The molecular formula is C28H32F4O3. The topological polar surface area (TPSA) is 38.7 Å². The molecule has 2 aromatic carbocycles. The molecule has 0 fully saturated rings. The van der Waals surface area contributed by atoms with Crippen LogP contribution in [-0.2, 0) is 4.74 Å². The van der Waals surface area contributed by atoms with Crippen molar-refractivity contribution in [1.29, 1.82) is 0 Å². The predicted octanol–water partition coefficient (Wildman–Crippen LogP) is 8.44. The first-order valence-corrected chi connectivity index (χ1v) is 10.9. The Morgan fingerprint density at radius 2 is 1.51 bits per heavy atom. The van der Waals surface area contributed by atoms with Gasteiger partial charge in [0.15, 0.2) is 23.2 Å². The van der Waals surface area contributed by atoms with E-state index in [1.165, 1.54) is 43.5 Å². The molecule has 35 heavy (non-hydrogen) atoms. The van der Waals surface area contributed by atoms with Crippen LogP contribution in [0.1, 0.15) is 26.7 Å². The number of phenolic OH excluding ortho intramolecular Hbond substituents is 1. The number of benzene rings is 2. The van der Waals surface area contributed by atoms with Crippen LogP contribution in [0.5, 0.6) is 11.5 Å². The summed E-state index contributed by atoms with van der Waals surface area (Å²) in [5, 5.41) is 9.35. The smallest absolute Gasteiger partial charge is 0.201 e. The maximum absolute atomic E-state index is 14.5. The summed E-state index contributed by atoms with van der Waals surface area (Å²) in [7, 11) is 1.19. The molecule has 0 aliphatic carbocycles. The van der Waals surface area contributed by atoms with Gasteiger partial charge in [-0.15, -0.1) is 13.2 Å². The molecule has 2 unspecified atom stereocenters. The van der Waals surface area contributed by atoms with E-state index in [1.54, 1.807) is 6.92 Å². The van der Waals surface area contributed by atoms with Crippen molar-refractivity contribution in [3.05, 3.63) is 97.3 Å². The Morgan fingerprint density at radius 3 is 2.09 bits per heavy atom. The zero-order valence-corrected chi connectivity index (χ0v) is 20.3. The number of allylic oxidation sites excluding steroid dienone is 3. The largest absolute Gasteiger partial charge is 0.508 e. The SMILES string of the molecule is C=C.C=C(OC)/C(F)=C(/F)C(=C)C(C)CCC(C)COc1ccc(-c2ccc(O)cc2)c(F)c1F. The van der Waals surface area contributed by atoms with Crippen LogP contribution in [0.15, 0.2) is 85.7 Å². The Kier molecular flexibility index (Phi) is 11.9. The predicted molar refractivity (Wildman–Crippen MR) is 132 cm³/mol. The third-order valence-electron chi connectivity index (χ3n) is 5.40. The molecule has 0 aromatic heterocycles. The van der Waals surface area contributed by atoms with E-state index in [4.69, 9.17) is 4.74 Å². The molecule has 0 saturated heterocycles. The normalized spacial score (nSPS) is 13.0. The Balaban J connectivity index is 0.00000298. The van der Waals surface area contributed by atoms with E-state index >= 15 is 0 Å². The van der Waals surface area contributed by atoms with Crippen LogP contribution in [0.4, 0.5) is 17.6 Å².